The summed E-state index contributed by atoms with van der Waals surface area (Å²) in [6, 6.07) is 1.88. The highest BCUT2D eigenvalue weighted by atomic mass is 15.0. The lowest BCUT2D eigenvalue weighted by Crippen LogP contribution is -2.13. The first-order valence-electron chi connectivity index (χ1n) is 3.08. The lowest BCUT2D eigenvalue weighted by Gasteiger charge is -2.07. The molecule has 0 fully saturated rings. The standard InChI is InChI=1S/C7H6N3/c1-2-8-3-6-4-9-5-10-7(1)6/h1-3H,4H2,(H,9,10). The van der Waals surface area contributed by atoms with E-state index in [1.807, 2.05) is 12.3 Å². The minimum absolute atomic E-state index is 0.784. The van der Waals surface area contributed by atoms with Crippen LogP contribution in [-0.4, -0.2) is 11.3 Å². The van der Waals surface area contributed by atoms with Gasteiger partial charge in [0.25, 0.3) is 0 Å². The summed E-state index contributed by atoms with van der Waals surface area (Å²) in [6.07, 6.45) is 6.23. The molecule has 1 N–H and O–H groups in total. The lowest BCUT2D eigenvalue weighted by molar-refractivity contribution is 0.903. The van der Waals surface area contributed by atoms with E-state index >= 15 is 0 Å². The fourth-order valence-electron chi connectivity index (χ4n) is 0.900. The van der Waals surface area contributed by atoms with Gasteiger partial charge in [0.15, 0.2) is 6.34 Å². The van der Waals surface area contributed by atoms with E-state index in [1.165, 1.54) is 0 Å². The second-order valence-electron chi connectivity index (χ2n) is 2.08. The molecule has 10 heavy (non-hydrogen) atoms. The van der Waals surface area contributed by atoms with Gasteiger partial charge in [-0.1, -0.05) is 0 Å². The number of hydrogen-bond acceptors (Lipinski definition) is 3. The van der Waals surface area contributed by atoms with Gasteiger partial charge in [0.1, 0.15) is 0 Å². The van der Waals surface area contributed by atoms with Crippen molar-refractivity contribution in [2.45, 2.75) is 6.54 Å². The highest BCUT2D eigenvalue weighted by Gasteiger charge is 2.02. The van der Waals surface area contributed by atoms with Gasteiger partial charge in [0, 0.05) is 24.5 Å². The topological polar surface area (TPSA) is 37.3 Å². The second kappa shape index (κ2) is 2.10. The van der Waals surface area contributed by atoms with Gasteiger partial charge in [-0.3, -0.25) is 4.98 Å². The highest BCUT2D eigenvalue weighted by molar-refractivity contribution is 5.65. The number of aromatic nitrogens is 1. The van der Waals surface area contributed by atoms with Gasteiger partial charge in [-0.25, -0.2) is 4.99 Å². The van der Waals surface area contributed by atoms with Crippen LogP contribution in [-0.2, 0) is 6.54 Å². The molecule has 2 rings (SSSR count). The molecule has 2 heterocycles. The number of hydrogen-bond donors (Lipinski definition) is 1. The molecule has 0 aromatic carbocycles. The summed E-state index contributed by atoms with van der Waals surface area (Å²) >= 11 is 0. The van der Waals surface area contributed by atoms with Crippen LogP contribution in [0.15, 0.2) is 23.5 Å². The van der Waals surface area contributed by atoms with Gasteiger partial charge in [-0.15, -0.1) is 0 Å². The van der Waals surface area contributed by atoms with Crippen LogP contribution in [0.1, 0.15) is 5.56 Å². The van der Waals surface area contributed by atoms with Crippen LogP contribution in [0.4, 0.5) is 5.69 Å². The van der Waals surface area contributed by atoms with Crippen LogP contribution in [0.3, 0.4) is 0 Å². The van der Waals surface area contributed by atoms with Crippen molar-refractivity contribution in [3.05, 3.63) is 24.0 Å². The Hall–Kier alpha value is -1.38. The van der Waals surface area contributed by atoms with Crippen LogP contribution in [0, 0.1) is 0 Å². The predicted octanol–water partition coefficient (Wildman–Crippen LogP) is 0.722. The Labute approximate surface area is 58.8 Å². The first-order valence-corrected chi connectivity index (χ1v) is 3.08. The first kappa shape index (κ1) is 5.41. The maximum absolute atomic E-state index is 3.99. The molecule has 1 radical (unpaired) electrons. The van der Waals surface area contributed by atoms with Gasteiger partial charge in [-0.2, -0.15) is 0 Å². The molecule has 49 valence electrons. The molecule has 0 saturated carbocycles. The van der Waals surface area contributed by atoms with Gasteiger partial charge in [-0.05, 0) is 6.07 Å². The zero-order chi connectivity index (χ0) is 6.81. The van der Waals surface area contributed by atoms with Crippen molar-refractivity contribution < 1.29 is 0 Å². The Bertz CT molecular complexity index is 267. The zero-order valence-electron chi connectivity index (χ0n) is 5.33. The van der Waals surface area contributed by atoms with Crippen LogP contribution in [0.5, 0.6) is 0 Å². The monoisotopic (exact) mass is 132 g/mol. The minimum Gasteiger partial charge on any atom is -0.363 e. The van der Waals surface area contributed by atoms with Gasteiger partial charge in [0.2, 0.25) is 0 Å². The normalized spacial score (nSPS) is 14.0. The minimum atomic E-state index is 0.784. The first-order chi connectivity index (χ1) is 4.97. The van der Waals surface area contributed by atoms with E-state index in [-0.39, 0.29) is 0 Å². The maximum atomic E-state index is 3.99. The lowest BCUT2D eigenvalue weighted by atomic mass is 10.2. The number of fused-ring (bicyclic) bond motifs is 1. The third-order valence-electron chi connectivity index (χ3n) is 1.41. The van der Waals surface area contributed by atoms with E-state index in [4.69, 9.17) is 0 Å². The molecule has 0 atom stereocenters. The Morgan fingerprint density at radius 3 is 3.50 bits per heavy atom. The summed E-state index contributed by atoms with van der Waals surface area (Å²) in [5.41, 5.74) is 2.09. The van der Waals surface area contributed by atoms with E-state index in [0.717, 1.165) is 17.8 Å². The Kier molecular flexibility index (Phi) is 1.13. The SMILES string of the molecule is [C]1=Nc2ccncc2CN1. The number of nitrogens with zero attached hydrogens (tertiary/aromatic N) is 2. The molecule has 0 aliphatic carbocycles. The van der Waals surface area contributed by atoms with E-state index < -0.39 is 0 Å². The zero-order valence-corrected chi connectivity index (χ0v) is 5.33. The van der Waals surface area contributed by atoms with Crippen LogP contribution >= 0.6 is 0 Å². The smallest absolute Gasteiger partial charge is 0.169 e. The summed E-state index contributed by atoms with van der Waals surface area (Å²) in [5, 5.41) is 2.88. The molecule has 3 heteroatoms. The fraction of sp³-hybridized carbons (Fsp3) is 0.143. The highest BCUT2D eigenvalue weighted by Crippen LogP contribution is 2.17. The average molecular weight is 132 g/mol. The Balaban J connectivity index is 2.54. The average Bonchev–Trinajstić information content (AvgIpc) is 2.05. The fourth-order valence-corrected chi connectivity index (χ4v) is 0.900. The van der Waals surface area contributed by atoms with E-state index in [1.54, 1.807) is 6.20 Å². The number of aliphatic imine (C=N–C) groups is 1. The molecular formula is C7H6N3. The molecule has 1 aliphatic heterocycles. The third-order valence-corrected chi connectivity index (χ3v) is 1.41. The largest absolute Gasteiger partial charge is 0.363 e. The number of pyridine rings is 1. The molecule has 1 aromatic heterocycles. The summed E-state index contributed by atoms with van der Waals surface area (Å²) in [6.45, 7) is 0.784. The van der Waals surface area contributed by atoms with Gasteiger partial charge in [0.05, 0.1) is 5.69 Å². The molecule has 0 saturated heterocycles. The van der Waals surface area contributed by atoms with Crippen molar-refractivity contribution in [2.75, 3.05) is 0 Å². The summed E-state index contributed by atoms with van der Waals surface area (Å²) in [4.78, 5) is 7.96. The van der Waals surface area contributed by atoms with Gasteiger partial charge >= 0.3 is 0 Å². The van der Waals surface area contributed by atoms with Crippen molar-refractivity contribution >= 4 is 12.0 Å². The molecule has 0 unspecified atom stereocenters. The van der Waals surface area contributed by atoms with Crippen LogP contribution in [0.2, 0.25) is 0 Å². The van der Waals surface area contributed by atoms with Crippen LogP contribution < -0.4 is 5.32 Å². The molecule has 1 aliphatic rings. The molecule has 0 amide bonds. The maximum Gasteiger partial charge on any atom is 0.169 e. The summed E-state index contributed by atoms with van der Waals surface area (Å²) < 4.78 is 0. The molecule has 1 aromatic rings. The predicted molar refractivity (Wildman–Crippen MR) is 38.2 cm³/mol. The van der Waals surface area contributed by atoms with Crippen molar-refractivity contribution in [1.29, 1.82) is 0 Å². The van der Waals surface area contributed by atoms with Crippen molar-refractivity contribution in [2.24, 2.45) is 4.99 Å². The van der Waals surface area contributed by atoms with Crippen LogP contribution in [0.25, 0.3) is 0 Å². The third kappa shape index (κ3) is 0.757. The van der Waals surface area contributed by atoms with E-state index in [0.29, 0.717) is 0 Å². The van der Waals surface area contributed by atoms with E-state index in [2.05, 4.69) is 21.6 Å². The summed E-state index contributed by atoms with van der Waals surface area (Å²) in [7, 11) is 0. The Morgan fingerprint density at radius 1 is 1.60 bits per heavy atom. The van der Waals surface area contributed by atoms with Crippen molar-refractivity contribution in [3.63, 3.8) is 0 Å². The number of nitrogens with one attached hydrogen (secondary N) is 1. The van der Waals surface area contributed by atoms with Crippen molar-refractivity contribution in [1.82, 2.24) is 10.3 Å². The number of rotatable bonds is 0. The van der Waals surface area contributed by atoms with Gasteiger partial charge < -0.3 is 5.32 Å². The quantitative estimate of drug-likeness (QED) is 0.564. The second-order valence-corrected chi connectivity index (χ2v) is 2.08. The Morgan fingerprint density at radius 2 is 2.60 bits per heavy atom. The molecular weight excluding hydrogens is 126 g/mol. The van der Waals surface area contributed by atoms with Crippen molar-refractivity contribution in [3.8, 4) is 0 Å². The molecule has 0 bridgehead atoms. The van der Waals surface area contributed by atoms with E-state index in [9.17, 15) is 0 Å². The molecule has 3 nitrogen and oxygen atoms in total. The summed E-state index contributed by atoms with van der Waals surface area (Å²) in [5.74, 6) is 0. The molecule has 0 spiro atoms.